The van der Waals surface area contributed by atoms with Crippen LogP contribution in [0.3, 0.4) is 0 Å². The molecule has 1 fully saturated rings. The minimum absolute atomic E-state index is 0.138. The van der Waals surface area contributed by atoms with Gasteiger partial charge < -0.3 is 10.2 Å². The fourth-order valence-corrected chi connectivity index (χ4v) is 3.69. The first-order valence-electron chi connectivity index (χ1n) is 7.14. The van der Waals surface area contributed by atoms with Crippen LogP contribution in [0.2, 0.25) is 0 Å². The van der Waals surface area contributed by atoms with Crippen molar-refractivity contribution in [1.29, 1.82) is 0 Å². The number of carbonyl (C=O) groups excluding carboxylic acids is 1. The smallest absolute Gasteiger partial charge is 0.237 e. The van der Waals surface area contributed by atoms with Gasteiger partial charge in [0.2, 0.25) is 5.91 Å². The van der Waals surface area contributed by atoms with E-state index in [1.54, 1.807) is 4.90 Å². The number of nitrogens with one attached hydrogen (secondary N) is 1. The summed E-state index contributed by atoms with van der Waals surface area (Å²) in [5, 5.41) is 3.19. The number of hydrogen-bond donors (Lipinski definition) is 1. The second-order valence-electron chi connectivity index (χ2n) is 5.24. The van der Waals surface area contributed by atoms with Gasteiger partial charge in [0.15, 0.2) is 9.84 Å². The molecule has 1 N–H and O–H groups in total. The Hall–Kier alpha value is -0.620. The average Bonchev–Trinajstić information content (AvgIpc) is 2.38. The number of unbranched alkanes of at least 4 members (excludes halogenated alkanes) is 2. The first kappa shape index (κ1) is 16.4. The minimum Gasteiger partial charge on any atom is -0.342 e. The third kappa shape index (κ3) is 5.91. The average molecular weight is 290 g/mol. The molecular weight excluding hydrogens is 264 g/mol. The molecule has 1 saturated heterocycles. The maximum absolute atomic E-state index is 12.0. The van der Waals surface area contributed by atoms with Gasteiger partial charge in [0.25, 0.3) is 0 Å². The number of hydrogen-bond acceptors (Lipinski definition) is 4. The van der Waals surface area contributed by atoms with Gasteiger partial charge in [-0.2, -0.15) is 0 Å². The highest BCUT2D eigenvalue weighted by atomic mass is 32.2. The second kappa shape index (κ2) is 7.85. The Kier molecular flexibility index (Phi) is 6.79. The van der Waals surface area contributed by atoms with Crippen molar-refractivity contribution in [3.8, 4) is 0 Å². The van der Waals surface area contributed by atoms with E-state index in [1.165, 1.54) is 0 Å². The molecule has 0 spiro atoms. The maximum Gasteiger partial charge on any atom is 0.237 e. The zero-order valence-corrected chi connectivity index (χ0v) is 12.8. The first-order valence-corrected chi connectivity index (χ1v) is 8.96. The van der Waals surface area contributed by atoms with E-state index in [0.717, 1.165) is 25.7 Å². The summed E-state index contributed by atoms with van der Waals surface area (Å²) in [4.78, 5) is 13.7. The van der Waals surface area contributed by atoms with Gasteiger partial charge in [0.05, 0.1) is 5.75 Å². The molecule has 0 aromatic rings. The van der Waals surface area contributed by atoms with Crippen LogP contribution in [0, 0.1) is 0 Å². The van der Waals surface area contributed by atoms with Gasteiger partial charge in [-0.3, -0.25) is 4.79 Å². The lowest BCUT2D eigenvalue weighted by molar-refractivity contribution is -0.129. The maximum atomic E-state index is 12.0. The lowest BCUT2D eigenvalue weighted by atomic mass is 10.1. The van der Waals surface area contributed by atoms with Crippen molar-refractivity contribution < 1.29 is 13.2 Å². The Morgan fingerprint density at radius 2 is 1.89 bits per heavy atom. The molecule has 5 nitrogen and oxygen atoms in total. The second-order valence-corrected chi connectivity index (χ2v) is 7.43. The van der Waals surface area contributed by atoms with E-state index in [1.807, 2.05) is 14.0 Å². The van der Waals surface area contributed by atoms with Gasteiger partial charge in [-0.1, -0.05) is 19.8 Å². The van der Waals surface area contributed by atoms with Crippen molar-refractivity contribution in [2.45, 2.75) is 45.1 Å². The van der Waals surface area contributed by atoms with E-state index >= 15 is 0 Å². The number of rotatable bonds is 7. The van der Waals surface area contributed by atoms with Gasteiger partial charge in [0, 0.05) is 19.1 Å². The predicted molar refractivity (Wildman–Crippen MR) is 76.8 cm³/mol. The molecule has 0 aliphatic carbocycles. The Balaban J connectivity index is 2.38. The van der Waals surface area contributed by atoms with Crippen LogP contribution in [-0.4, -0.2) is 56.9 Å². The molecular formula is C13H26N2O3S. The molecule has 0 aromatic heterocycles. The summed E-state index contributed by atoms with van der Waals surface area (Å²) in [6.45, 7) is 3.35. The van der Waals surface area contributed by atoms with E-state index in [9.17, 15) is 13.2 Å². The number of nitrogens with zero attached hydrogens (tertiary/aromatic N) is 1. The molecule has 1 heterocycles. The lowest BCUT2D eigenvalue weighted by Crippen LogP contribution is -2.45. The summed E-state index contributed by atoms with van der Waals surface area (Å²) < 4.78 is 23.6. The molecule has 0 unspecified atom stereocenters. The van der Waals surface area contributed by atoms with Gasteiger partial charge in [-0.05, 0) is 26.3 Å². The van der Waals surface area contributed by atoms with Crippen molar-refractivity contribution in [2.75, 3.05) is 31.6 Å². The number of piperidine rings is 1. The van der Waals surface area contributed by atoms with E-state index in [4.69, 9.17) is 0 Å². The molecule has 0 aromatic carbocycles. The molecule has 1 aliphatic rings. The summed E-state index contributed by atoms with van der Waals surface area (Å²) in [5.41, 5.74) is 0. The highest BCUT2D eigenvalue weighted by Gasteiger charge is 2.25. The van der Waals surface area contributed by atoms with Crippen molar-refractivity contribution in [2.24, 2.45) is 0 Å². The van der Waals surface area contributed by atoms with Gasteiger partial charge in [0.1, 0.15) is 5.75 Å². The van der Waals surface area contributed by atoms with Gasteiger partial charge in [-0.25, -0.2) is 8.42 Å². The highest BCUT2D eigenvalue weighted by Crippen LogP contribution is 2.11. The fourth-order valence-electron chi connectivity index (χ4n) is 2.34. The standard InChI is InChI=1S/C13H26N2O3S/c1-3-4-5-10-19(17,18)11-13(16)15-8-6-12(14-2)7-9-15/h12,14H,3-11H2,1-2H3. The van der Waals surface area contributed by atoms with Crippen molar-refractivity contribution in [3.63, 3.8) is 0 Å². The van der Waals surface area contributed by atoms with E-state index in [0.29, 0.717) is 25.6 Å². The Labute approximate surface area is 116 Å². The quantitative estimate of drug-likeness (QED) is 0.704. The molecule has 1 amide bonds. The lowest BCUT2D eigenvalue weighted by Gasteiger charge is -2.31. The minimum atomic E-state index is -3.23. The molecule has 112 valence electrons. The number of amides is 1. The van der Waals surface area contributed by atoms with Crippen molar-refractivity contribution >= 4 is 15.7 Å². The predicted octanol–water partition coefficient (Wildman–Crippen LogP) is 0.802. The van der Waals surface area contributed by atoms with Crippen LogP contribution in [0.25, 0.3) is 0 Å². The topological polar surface area (TPSA) is 66.5 Å². The number of sulfone groups is 1. The molecule has 0 bridgehead atoms. The molecule has 1 rings (SSSR count). The van der Waals surface area contributed by atoms with Gasteiger partial charge in [-0.15, -0.1) is 0 Å². The summed E-state index contributed by atoms with van der Waals surface area (Å²) in [5.74, 6) is -0.411. The van der Waals surface area contributed by atoms with Crippen LogP contribution in [0.5, 0.6) is 0 Å². The first-order chi connectivity index (χ1) is 8.98. The molecule has 1 aliphatic heterocycles. The largest absolute Gasteiger partial charge is 0.342 e. The molecule has 6 heteroatoms. The van der Waals surface area contributed by atoms with Crippen LogP contribution >= 0.6 is 0 Å². The Morgan fingerprint density at radius 3 is 2.42 bits per heavy atom. The Morgan fingerprint density at radius 1 is 1.26 bits per heavy atom. The van der Waals surface area contributed by atoms with Crippen LogP contribution < -0.4 is 5.32 Å². The summed E-state index contributed by atoms with van der Waals surface area (Å²) >= 11 is 0. The zero-order valence-electron chi connectivity index (χ0n) is 12.0. The fraction of sp³-hybridized carbons (Fsp3) is 0.923. The van der Waals surface area contributed by atoms with Crippen molar-refractivity contribution in [3.05, 3.63) is 0 Å². The molecule has 0 atom stereocenters. The normalized spacial score (nSPS) is 17.7. The Bertz CT molecular complexity index is 373. The van der Waals surface area contributed by atoms with Crippen molar-refractivity contribution in [1.82, 2.24) is 10.2 Å². The summed E-state index contributed by atoms with van der Waals surface area (Å²) in [7, 11) is -1.31. The third-order valence-electron chi connectivity index (χ3n) is 3.66. The molecule has 0 radical (unpaired) electrons. The summed E-state index contributed by atoms with van der Waals surface area (Å²) in [6.07, 6.45) is 4.35. The van der Waals surface area contributed by atoms with Crippen LogP contribution in [0.1, 0.15) is 39.0 Å². The van der Waals surface area contributed by atoms with E-state index in [2.05, 4.69) is 5.32 Å². The molecule has 0 saturated carbocycles. The van der Waals surface area contributed by atoms with E-state index in [-0.39, 0.29) is 17.4 Å². The zero-order chi connectivity index (χ0) is 14.3. The SMILES string of the molecule is CCCCCS(=O)(=O)CC(=O)N1CCC(NC)CC1. The summed E-state index contributed by atoms with van der Waals surface area (Å²) in [6, 6.07) is 0.449. The van der Waals surface area contributed by atoms with Crippen LogP contribution in [0.4, 0.5) is 0 Å². The van der Waals surface area contributed by atoms with Crippen LogP contribution in [0.15, 0.2) is 0 Å². The number of likely N-dealkylation sites (tertiary alicyclic amines) is 1. The van der Waals surface area contributed by atoms with Gasteiger partial charge >= 0.3 is 0 Å². The monoisotopic (exact) mass is 290 g/mol. The molecule has 19 heavy (non-hydrogen) atoms. The van der Waals surface area contributed by atoms with Crippen LogP contribution in [-0.2, 0) is 14.6 Å². The third-order valence-corrected chi connectivity index (χ3v) is 5.26. The highest BCUT2D eigenvalue weighted by molar-refractivity contribution is 7.92. The van der Waals surface area contributed by atoms with E-state index < -0.39 is 9.84 Å². The number of carbonyl (C=O) groups is 1.